The number of hydrazone groups is 1. The minimum absolute atomic E-state index is 0.103. The summed E-state index contributed by atoms with van der Waals surface area (Å²) < 4.78 is 49.8. The molecule has 0 unspecified atom stereocenters. The van der Waals surface area contributed by atoms with Crippen molar-refractivity contribution in [3.63, 3.8) is 0 Å². The second-order valence-electron chi connectivity index (χ2n) is 7.26. The summed E-state index contributed by atoms with van der Waals surface area (Å²) in [5.41, 5.74) is 2.77. The Morgan fingerprint density at radius 3 is 2.73 bits per heavy atom. The number of amides is 1. The largest absolute Gasteiger partial charge is 0.490 e. The standard InChI is InChI=1S/C23H20BrF3N4O5S/c1-2-35-18-7-13(6-17(24)21(18)36-11-20(33)34)10-28-31-19(32)9-16-12-37-22(30-16)29-15-5-3-4-14(8-15)23(25,26)27/h3-8,10,12H,2,9,11H2,1H3,(H,29,30)(H,31,32)(H,33,34)/b28-10-. The first-order valence-electron chi connectivity index (χ1n) is 10.6. The lowest BCUT2D eigenvalue weighted by atomic mass is 10.2. The van der Waals surface area contributed by atoms with E-state index in [0.29, 0.717) is 33.2 Å². The van der Waals surface area contributed by atoms with Crippen LogP contribution in [0.15, 0.2) is 51.4 Å². The number of carboxylic acid groups (broad SMARTS) is 1. The number of carboxylic acids is 1. The summed E-state index contributed by atoms with van der Waals surface area (Å²) in [7, 11) is 0. The number of anilines is 2. The van der Waals surface area contributed by atoms with E-state index in [2.05, 4.69) is 36.8 Å². The molecule has 0 aliphatic carbocycles. The number of aromatic nitrogens is 1. The lowest BCUT2D eigenvalue weighted by Crippen LogP contribution is -2.20. The van der Waals surface area contributed by atoms with Gasteiger partial charge in [0.15, 0.2) is 23.2 Å². The van der Waals surface area contributed by atoms with E-state index in [1.165, 1.54) is 18.3 Å². The Balaban J connectivity index is 1.59. The Labute approximate surface area is 221 Å². The molecule has 0 atom stereocenters. The quantitative estimate of drug-likeness (QED) is 0.204. The van der Waals surface area contributed by atoms with Crippen molar-refractivity contribution in [2.75, 3.05) is 18.5 Å². The zero-order chi connectivity index (χ0) is 27.0. The number of nitrogens with zero attached hydrogens (tertiary/aromatic N) is 2. The first kappa shape index (κ1) is 27.9. The molecular weight excluding hydrogens is 581 g/mol. The molecule has 3 N–H and O–H groups in total. The van der Waals surface area contributed by atoms with Crippen molar-refractivity contribution in [2.24, 2.45) is 5.10 Å². The van der Waals surface area contributed by atoms with Crippen LogP contribution >= 0.6 is 27.3 Å². The fourth-order valence-electron chi connectivity index (χ4n) is 2.92. The minimum Gasteiger partial charge on any atom is -0.490 e. The number of thiazole rings is 1. The summed E-state index contributed by atoms with van der Waals surface area (Å²) in [6.45, 7) is 1.52. The van der Waals surface area contributed by atoms with Crippen molar-refractivity contribution in [1.82, 2.24) is 10.4 Å². The van der Waals surface area contributed by atoms with Crippen molar-refractivity contribution < 1.29 is 37.3 Å². The van der Waals surface area contributed by atoms with Crippen LogP contribution in [0.1, 0.15) is 23.7 Å². The van der Waals surface area contributed by atoms with Gasteiger partial charge < -0.3 is 19.9 Å². The lowest BCUT2D eigenvalue weighted by Gasteiger charge is -2.13. The topological polar surface area (TPSA) is 122 Å². The molecular formula is C23H20BrF3N4O5S. The van der Waals surface area contributed by atoms with E-state index in [4.69, 9.17) is 14.6 Å². The summed E-state index contributed by atoms with van der Waals surface area (Å²) in [4.78, 5) is 27.3. The molecule has 14 heteroatoms. The van der Waals surface area contributed by atoms with E-state index in [0.717, 1.165) is 23.5 Å². The van der Waals surface area contributed by atoms with Gasteiger partial charge in [0.2, 0.25) is 5.91 Å². The summed E-state index contributed by atoms with van der Waals surface area (Å²) in [5, 5.41) is 17.5. The number of ether oxygens (including phenoxy) is 2. The molecule has 1 amide bonds. The number of hydrogen-bond donors (Lipinski definition) is 3. The molecule has 0 fully saturated rings. The maximum absolute atomic E-state index is 12.9. The average Bonchev–Trinajstić information content (AvgIpc) is 3.24. The number of benzene rings is 2. The predicted octanol–water partition coefficient (Wildman–Crippen LogP) is 5.22. The van der Waals surface area contributed by atoms with Gasteiger partial charge in [-0.25, -0.2) is 15.2 Å². The molecule has 2 aromatic carbocycles. The van der Waals surface area contributed by atoms with Crippen LogP contribution in [0.3, 0.4) is 0 Å². The van der Waals surface area contributed by atoms with Gasteiger partial charge in [0.05, 0.1) is 35.0 Å². The van der Waals surface area contributed by atoms with E-state index in [-0.39, 0.29) is 17.9 Å². The van der Waals surface area contributed by atoms with E-state index in [1.54, 1.807) is 24.4 Å². The Hall–Kier alpha value is -3.65. The SMILES string of the molecule is CCOc1cc(/C=N\NC(=O)Cc2csc(Nc3cccc(C(F)(F)F)c3)n2)cc(Br)c1OCC(=O)O. The smallest absolute Gasteiger partial charge is 0.416 e. The summed E-state index contributed by atoms with van der Waals surface area (Å²) in [6, 6.07) is 7.91. The van der Waals surface area contributed by atoms with Gasteiger partial charge in [-0.2, -0.15) is 18.3 Å². The maximum atomic E-state index is 12.9. The van der Waals surface area contributed by atoms with Gasteiger partial charge in [-0.1, -0.05) is 6.07 Å². The highest BCUT2D eigenvalue weighted by molar-refractivity contribution is 9.10. The van der Waals surface area contributed by atoms with Gasteiger partial charge in [0, 0.05) is 11.1 Å². The van der Waals surface area contributed by atoms with E-state index >= 15 is 0 Å². The zero-order valence-corrected chi connectivity index (χ0v) is 21.5. The van der Waals surface area contributed by atoms with Crippen LogP contribution in [0.5, 0.6) is 11.5 Å². The van der Waals surface area contributed by atoms with Gasteiger partial charge in [-0.15, -0.1) is 11.3 Å². The van der Waals surface area contributed by atoms with Crippen LogP contribution in [0.4, 0.5) is 24.0 Å². The predicted molar refractivity (Wildman–Crippen MR) is 135 cm³/mol. The molecule has 1 aromatic heterocycles. The number of halogens is 4. The number of nitrogens with one attached hydrogen (secondary N) is 2. The second-order valence-corrected chi connectivity index (χ2v) is 8.98. The van der Waals surface area contributed by atoms with Crippen LogP contribution < -0.4 is 20.2 Å². The molecule has 0 saturated carbocycles. The van der Waals surface area contributed by atoms with E-state index in [9.17, 15) is 22.8 Å². The Kier molecular flexibility index (Phi) is 9.47. The highest BCUT2D eigenvalue weighted by Crippen LogP contribution is 2.36. The Morgan fingerprint density at radius 2 is 2.03 bits per heavy atom. The number of carbonyl (C=O) groups is 2. The zero-order valence-electron chi connectivity index (χ0n) is 19.1. The first-order chi connectivity index (χ1) is 17.5. The minimum atomic E-state index is -4.46. The van der Waals surface area contributed by atoms with Crippen LogP contribution in [0, 0.1) is 0 Å². The first-order valence-corrected chi connectivity index (χ1v) is 12.2. The van der Waals surface area contributed by atoms with Gasteiger partial charge in [0.1, 0.15) is 0 Å². The average molecular weight is 601 g/mol. The molecule has 9 nitrogen and oxygen atoms in total. The molecule has 3 aromatic rings. The van der Waals surface area contributed by atoms with Gasteiger partial charge in [0.25, 0.3) is 0 Å². The normalized spacial score (nSPS) is 11.4. The van der Waals surface area contributed by atoms with Crippen molar-refractivity contribution in [3.05, 3.63) is 63.1 Å². The second kappa shape index (κ2) is 12.5. The van der Waals surface area contributed by atoms with Gasteiger partial charge >= 0.3 is 12.1 Å². The maximum Gasteiger partial charge on any atom is 0.416 e. The van der Waals surface area contributed by atoms with Crippen molar-refractivity contribution in [3.8, 4) is 11.5 Å². The third-order valence-corrected chi connectivity index (χ3v) is 5.80. The number of aliphatic carboxylic acids is 1. The molecule has 0 aliphatic heterocycles. The molecule has 37 heavy (non-hydrogen) atoms. The molecule has 3 rings (SSSR count). The third kappa shape index (κ3) is 8.46. The van der Waals surface area contributed by atoms with Crippen LogP contribution in [-0.4, -0.2) is 41.4 Å². The highest BCUT2D eigenvalue weighted by atomic mass is 79.9. The molecule has 0 bridgehead atoms. The number of rotatable bonds is 11. The molecule has 1 heterocycles. The fourth-order valence-corrected chi connectivity index (χ4v) is 4.23. The van der Waals surface area contributed by atoms with E-state index < -0.39 is 30.2 Å². The Morgan fingerprint density at radius 1 is 1.24 bits per heavy atom. The van der Waals surface area contributed by atoms with Crippen LogP contribution in [0.2, 0.25) is 0 Å². The number of hydrogen-bond acceptors (Lipinski definition) is 8. The summed E-state index contributed by atoms with van der Waals surface area (Å²) in [5.74, 6) is -1.07. The van der Waals surface area contributed by atoms with Crippen molar-refractivity contribution in [2.45, 2.75) is 19.5 Å². The fraction of sp³-hybridized carbons (Fsp3) is 0.217. The highest BCUT2D eigenvalue weighted by Gasteiger charge is 2.30. The molecule has 0 aliphatic rings. The van der Waals surface area contributed by atoms with Gasteiger partial charge in [-0.05, 0) is 58.7 Å². The molecule has 0 radical (unpaired) electrons. The summed E-state index contributed by atoms with van der Waals surface area (Å²) in [6.07, 6.45) is -3.19. The molecule has 196 valence electrons. The van der Waals surface area contributed by atoms with E-state index in [1.807, 2.05) is 0 Å². The lowest BCUT2D eigenvalue weighted by molar-refractivity contribution is -0.139. The number of alkyl halides is 3. The Bertz CT molecular complexity index is 1300. The van der Waals surface area contributed by atoms with Crippen LogP contribution in [0.25, 0.3) is 0 Å². The van der Waals surface area contributed by atoms with Gasteiger partial charge in [-0.3, -0.25) is 4.79 Å². The summed E-state index contributed by atoms with van der Waals surface area (Å²) >= 11 is 4.45. The van der Waals surface area contributed by atoms with Crippen molar-refractivity contribution >= 4 is 56.2 Å². The third-order valence-electron chi connectivity index (χ3n) is 4.41. The monoisotopic (exact) mass is 600 g/mol. The molecule has 0 saturated heterocycles. The molecule has 0 spiro atoms. The van der Waals surface area contributed by atoms with Crippen LogP contribution in [-0.2, 0) is 22.2 Å². The number of carbonyl (C=O) groups excluding carboxylic acids is 1. The van der Waals surface area contributed by atoms with Crippen molar-refractivity contribution in [1.29, 1.82) is 0 Å².